The molecule has 1 aromatic carbocycles. The maximum atomic E-state index is 8.42. The quantitative estimate of drug-likeness (QED) is 0.895. The summed E-state index contributed by atoms with van der Waals surface area (Å²) >= 11 is 1.58. The first-order valence-corrected chi connectivity index (χ1v) is 6.43. The van der Waals surface area contributed by atoms with Gasteiger partial charge < -0.3 is 10.1 Å². The first-order chi connectivity index (χ1) is 8.79. The zero-order valence-electron chi connectivity index (χ0n) is 9.96. The lowest BCUT2D eigenvalue weighted by Crippen LogP contribution is -2.06. The fourth-order valence-electron chi connectivity index (χ4n) is 1.53. The van der Waals surface area contributed by atoms with E-state index in [0.29, 0.717) is 5.75 Å². The molecule has 18 heavy (non-hydrogen) atoms. The molecule has 0 bridgehead atoms. The van der Waals surface area contributed by atoms with Crippen LogP contribution in [0, 0.1) is 11.3 Å². The molecule has 0 saturated carbocycles. The largest absolute Gasteiger partial charge is 0.479 e. The van der Waals surface area contributed by atoms with Crippen LogP contribution in [0.5, 0.6) is 5.75 Å². The first kappa shape index (κ1) is 12.4. The molecule has 0 fully saturated rings. The Morgan fingerprint density at radius 1 is 1.44 bits per heavy atom. The van der Waals surface area contributed by atoms with Crippen LogP contribution in [0.3, 0.4) is 0 Å². The Labute approximate surface area is 110 Å². The molecule has 0 aliphatic carbocycles. The SMILES string of the molecule is CC(Nc1nccs1)c1ccc(OCC#N)cc1. The number of anilines is 1. The van der Waals surface area contributed by atoms with E-state index in [9.17, 15) is 0 Å². The fourth-order valence-corrected chi connectivity index (χ4v) is 2.15. The van der Waals surface area contributed by atoms with Crippen molar-refractivity contribution in [2.24, 2.45) is 0 Å². The predicted octanol–water partition coefficient (Wildman–Crippen LogP) is 3.22. The molecule has 1 heterocycles. The van der Waals surface area contributed by atoms with Crippen LogP contribution >= 0.6 is 11.3 Å². The summed E-state index contributed by atoms with van der Waals surface area (Å²) in [5, 5.41) is 14.6. The third-order valence-electron chi connectivity index (χ3n) is 2.46. The average molecular weight is 259 g/mol. The van der Waals surface area contributed by atoms with Gasteiger partial charge >= 0.3 is 0 Å². The number of ether oxygens (including phenoxy) is 1. The van der Waals surface area contributed by atoms with Crippen molar-refractivity contribution in [3.8, 4) is 11.8 Å². The van der Waals surface area contributed by atoms with Crippen molar-refractivity contribution in [2.45, 2.75) is 13.0 Å². The van der Waals surface area contributed by atoms with Gasteiger partial charge in [-0.15, -0.1) is 11.3 Å². The second-order valence-electron chi connectivity index (χ2n) is 3.72. The topological polar surface area (TPSA) is 57.9 Å². The van der Waals surface area contributed by atoms with E-state index in [1.807, 2.05) is 35.7 Å². The number of benzene rings is 1. The number of hydrogen-bond acceptors (Lipinski definition) is 5. The Balaban J connectivity index is 1.98. The summed E-state index contributed by atoms with van der Waals surface area (Å²) in [6, 6.07) is 9.83. The number of nitriles is 1. The van der Waals surface area contributed by atoms with Gasteiger partial charge in [-0.3, -0.25) is 0 Å². The van der Waals surface area contributed by atoms with E-state index in [1.165, 1.54) is 0 Å². The Hall–Kier alpha value is -2.06. The summed E-state index contributed by atoms with van der Waals surface area (Å²) in [6.45, 7) is 2.15. The van der Waals surface area contributed by atoms with E-state index >= 15 is 0 Å². The Morgan fingerprint density at radius 3 is 2.83 bits per heavy atom. The minimum atomic E-state index is 0.0757. The van der Waals surface area contributed by atoms with Gasteiger partial charge in [0.1, 0.15) is 11.8 Å². The first-order valence-electron chi connectivity index (χ1n) is 5.55. The van der Waals surface area contributed by atoms with Crippen molar-refractivity contribution >= 4 is 16.5 Å². The lowest BCUT2D eigenvalue weighted by Gasteiger charge is -2.13. The van der Waals surface area contributed by atoms with Crippen molar-refractivity contribution in [3.63, 3.8) is 0 Å². The van der Waals surface area contributed by atoms with Crippen molar-refractivity contribution in [3.05, 3.63) is 41.4 Å². The number of thiazole rings is 1. The normalized spacial score (nSPS) is 11.6. The summed E-state index contributed by atoms with van der Waals surface area (Å²) in [7, 11) is 0. The monoisotopic (exact) mass is 259 g/mol. The van der Waals surface area contributed by atoms with Crippen molar-refractivity contribution in [1.29, 1.82) is 5.26 Å². The van der Waals surface area contributed by atoms with E-state index in [1.54, 1.807) is 17.5 Å². The van der Waals surface area contributed by atoms with Crippen LogP contribution in [0.4, 0.5) is 5.13 Å². The van der Waals surface area contributed by atoms with Crippen molar-refractivity contribution in [1.82, 2.24) is 4.98 Å². The smallest absolute Gasteiger partial charge is 0.183 e. The molecule has 1 aromatic heterocycles. The zero-order valence-corrected chi connectivity index (χ0v) is 10.8. The van der Waals surface area contributed by atoms with Gasteiger partial charge in [-0.05, 0) is 24.6 Å². The number of aromatic nitrogens is 1. The van der Waals surface area contributed by atoms with E-state index in [4.69, 9.17) is 10.00 Å². The van der Waals surface area contributed by atoms with Crippen LogP contribution in [-0.4, -0.2) is 11.6 Å². The molecular formula is C13H13N3OS. The fraction of sp³-hybridized carbons (Fsp3) is 0.231. The molecule has 4 nitrogen and oxygen atoms in total. The number of nitrogens with zero attached hydrogens (tertiary/aromatic N) is 2. The molecule has 2 aromatic rings. The molecule has 1 N–H and O–H groups in total. The molecular weight excluding hydrogens is 246 g/mol. The Morgan fingerprint density at radius 2 is 2.22 bits per heavy atom. The number of hydrogen-bond donors (Lipinski definition) is 1. The van der Waals surface area contributed by atoms with Crippen molar-refractivity contribution in [2.75, 3.05) is 11.9 Å². The highest BCUT2D eigenvalue weighted by atomic mass is 32.1. The Bertz CT molecular complexity index is 516. The predicted molar refractivity (Wildman–Crippen MR) is 71.7 cm³/mol. The summed E-state index contributed by atoms with van der Waals surface area (Å²) in [5.41, 5.74) is 1.15. The maximum absolute atomic E-state index is 8.42. The molecule has 1 atom stereocenters. The minimum absolute atomic E-state index is 0.0757. The lowest BCUT2D eigenvalue weighted by molar-refractivity contribution is 0.368. The molecule has 92 valence electrons. The molecule has 5 heteroatoms. The van der Waals surface area contributed by atoms with Crippen LogP contribution in [0.2, 0.25) is 0 Å². The highest BCUT2D eigenvalue weighted by molar-refractivity contribution is 7.13. The third-order valence-corrected chi connectivity index (χ3v) is 3.16. The summed E-state index contributed by atoms with van der Waals surface area (Å²) in [6.07, 6.45) is 1.78. The third kappa shape index (κ3) is 3.22. The standard InChI is InChI=1S/C13H13N3OS/c1-10(16-13-15-7-9-18-13)11-2-4-12(5-3-11)17-8-6-14/h2-5,7,9-10H,8H2,1H3,(H,15,16). The minimum Gasteiger partial charge on any atom is -0.479 e. The van der Waals surface area contributed by atoms with Gasteiger partial charge in [0.15, 0.2) is 11.7 Å². The van der Waals surface area contributed by atoms with E-state index in [-0.39, 0.29) is 12.6 Å². The molecule has 0 amide bonds. The average Bonchev–Trinajstić information content (AvgIpc) is 2.89. The second-order valence-corrected chi connectivity index (χ2v) is 4.61. The highest BCUT2D eigenvalue weighted by Gasteiger charge is 2.06. The zero-order chi connectivity index (χ0) is 12.8. The van der Waals surface area contributed by atoms with Crippen molar-refractivity contribution < 1.29 is 4.74 Å². The molecule has 2 rings (SSSR count). The van der Waals surface area contributed by atoms with Gasteiger partial charge in [0.05, 0.1) is 6.04 Å². The van der Waals surface area contributed by atoms with Gasteiger partial charge in [0.2, 0.25) is 0 Å². The molecule has 0 aliphatic rings. The van der Waals surface area contributed by atoms with Crippen LogP contribution in [0.15, 0.2) is 35.8 Å². The van der Waals surface area contributed by atoms with Crippen LogP contribution in [0.1, 0.15) is 18.5 Å². The van der Waals surface area contributed by atoms with E-state index < -0.39 is 0 Å². The summed E-state index contributed by atoms with van der Waals surface area (Å²) in [5.74, 6) is 0.710. The summed E-state index contributed by atoms with van der Waals surface area (Å²) in [4.78, 5) is 4.19. The summed E-state index contributed by atoms with van der Waals surface area (Å²) < 4.78 is 5.20. The van der Waals surface area contributed by atoms with Crippen LogP contribution in [0.25, 0.3) is 0 Å². The van der Waals surface area contributed by atoms with Gasteiger partial charge in [-0.25, -0.2) is 4.98 Å². The highest BCUT2D eigenvalue weighted by Crippen LogP contribution is 2.22. The molecule has 0 spiro atoms. The van der Waals surface area contributed by atoms with E-state index in [0.717, 1.165) is 10.7 Å². The van der Waals surface area contributed by atoms with Crippen LogP contribution < -0.4 is 10.1 Å². The molecule has 0 aliphatic heterocycles. The van der Waals surface area contributed by atoms with Crippen LogP contribution in [-0.2, 0) is 0 Å². The lowest BCUT2D eigenvalue weighted by atomic mass is 10.1. The number of rotatable bonds is 5. The Kier molecular flexibility index (Phi) is 4.15. The second kappa shape index (κ2) is 6.03. The van der Waals surface area contributed by atoms with E-state index in [2.05, 4.69) is 17.2 Å². The maximum Gasteiger partial charge on any atom is 0.183 e. The number of nitrogens with one attached hydrogen (secondary N) is 1. The van der Waals surface area contributed by atoms with Gasteiger partial charge in [0, 0.05) is 11.6 Å². The molecule has 1 unspecified atom stereocenters. The van der Waals surface area contributed by atoms with Gasteiger partial charge in [0.25, 0.3) is 0 Å². The van der Waals surface area contributed by atoms with Gasteiger partial charge in [-0.2, -0.15) is 5.26 Å². The molecule has 0 radical (unpaired) electrons. The molecule has 0 saturated heterocycles. The van der Waals surface area contributed by atoms with Gasteiger partial charge in [-0.1, -0.05) is 12.1 Å².